The molecule has 0 saturated heterocycles. The Balaban J connectivity index is 2.00. The van der Waals surface area contributed by atoms with Crippen molar-refractivity contribution in [3.8, 4) is 0 Å². The minimum atomic E-state index is -1.20. The Morgan fingerprint density at radius 1 is 1.45 bits per heavy atom. The van der Waals surface area contributed by atoms with Gasteiger partial charge in [0.25, 0.3) is 5.91 Å². The molecule has 0 radical (unpaired) electrons. The lowest BCUT2D eigenvalue weighted by molar-refractivity contribution is -0.123. The number of H-pyrrole nitrogens is 1. The maximum Gasteiger partial charge on any atom is 0.343 e. The monoisotopic (exact) mass is 312 g/mol. The number of anilines is 1. The summed E-state index contributed by atoms with van der Waals surface area (Å²) in [6.45, 7) is 0. The van der Waals surface area contributed by atoms with E-state index in [1.165, 1.54) is 22.4 Å². The van der Waals surface area contributed by atoms with E-state index in [2.05, 4.69) is 15.5 Å². The molecular weight excluding hydrogens is 304 g/mol. The molecule has 0 fully saturated rings. The number of nitrogens with one attached hydrogen (secondary N) is 2. The van der Waals surface area contributed by atoms with E-state index < -0.39 is 12.0 Å². The molecule has 3 rings (SSSR count). The lowest BCUT2D eigenvalue weighted by atomic mass is 10.1. The van der Waals surface area contributed by atoms with Crippen molar-refractivity contribution in [2.75, 3.05) is 5.32 Å². The van der Waals surface area contributed by atoms with Gasteiger partial charge in [-0.3, -0.25) is 9.36 Å². The van der Waals surface area contributed by atoms with Gasteiger partial charge in [-0.15, -0.1) is 5.10 Å². The average molecular weight is 313 g/mol. The predicted molar refractivity (Wildman–Crippen MR) is 73.0 cm³/mol. The van der Waals surface area contributed by atoms with E-state index in [9.17, 15) is 14.7 Å². The van der Waals surface area contributed by atoms with E-state index in [-0.39, 0.29) is 5.69 Å². The van der Waals surface area contributed by atoms with Gasteiger partial charge in [-0.2, -0.15) is 0 Å². The van der Waals surface area contributed by atoms with E-state index in [1.54, 1.807) is 13.1 Å². The van der Waals surface area contributed by atoms with Crippen LogP contribution in [0, 0.1) is 0 Å². The molecule has 1 unspecified atom stereocenters. The van der Waals surface area contributed by atoms with Gasteiger partial charge in [0.15, 0.2) is 11.3 Å². The number of fused-ring (bicyclic) bond motifs is 1. The highest BCUT2D eigenvalue weighted by Crippen LogP contribution is 2.40. The topological polar surface area (TPSA) is 100 Å². The molecule has 9 heteroatoms. The second-order valence-corrected chi connectivity index (χ2v) is 5.65. The zero-order valence-corrected chi connectivity index (χ0v) is 11.7. The Morgan fingerprint density at radius 2 is 2.20 bits per heavy atom. The molecule has 0 aliphatic carbocycles. The standard InChI is InChI=1S/C11H9ClN4O3S/c1-16-10(19)14-15-11(16)20-7-3-6-4(2-5(7)12)8(17)9(18)13-6/h2-3,8,17H,1H3,(H,13,18)(H,14,19). The third kappa shape index (κ3) is 2.01. The zero-order chi connectivity index (χ0) is 14.4. The Kier molecular flexibility index (Phi) is 3.08. The number of aromatic nitrogens is 3. The molecule has 1 atom stereocenters. The van der Waals surface area contributed by atoms with Crippen LogP contribution in [0.5, 0.6) is 0 Å². The van der Waals surface area contributed by atoms with Crippen molar-refractivity contribution in [3.63, 3.8) is 0 Å². The van der Waals surface area contributed by atoms with Gasteiger partial charge in [-0.05, 0) is 23.9 Å². The molecule has 2 aromatic rings. The quantitative estimate of drug-likeness (QED) is 0.765. The third-order valence-corrected chi connectivity index (χ3v) is 4.48. The molecule has 1 aromatic carbocycles. The van der Waals surface area contributed by atoms with Gasteiger partial charge < -0.3 is 10.4 Å². The highest BCUT2D eigenvalue weighted by Gasteiger charge is 2.29. The van der Waals surface area contributed by atoms with Crippen molar-refractivity contribution in [1.29, 1.82) is 0 Å². The second kappa shape index (κ2) is 4.65. The van der Waals surface area contributed by atoms with Crippen LogP contribution in [-0.4, -0.2) is 25.8 Å². The van der Waals surface area contributed by atoms with E-state index in [4.69, 9.17) is 11.6 Å². The number of aromatic amines is 1. The normalized spacial score (nSPS) is 17.1. The van der Waals surface area contributed by atoms with Crippen LogP contribution >= 0.6 is 23.4 Å². The second-order valence-electron chi connectivity index (χ2n) is 4.23. The highest BCUT2D eigenvalue weighted by atomic mass is 35.5. The summed E-state index contributed by atoms with van der Waals surface area (Å²) in [7, 11) is 1.58. The maximum absolute atomic E-state index is 11.4. The molecule has 0 spiro atoms. The van der Waals surface area contributed by atoms with Crippen molar-refractivity contribution in [3.05, 3.63) is 33.2 Å². The van der Waals surface area contributed by atoms with Crippen LogP contribution in [0.4, 0.5) is 5.69 Å². The number of aliphatic hydroxyl groups excluding tert-OH is 1. The number of hydrogen-bond acceptors (Lipinski definition) is 5. The van der Waals surface area contributed by atoms with Gasteiger partial charge in [0.05, 0.1) is 5.02 Å². The summed E-state index contributed by atoms with van der Waals surface area (Å²) in [5, 5.41) is 19.2. The number of hydrogen-bond donors (Lipinski definition) is 3. The number of halogens is 1. The van der Waals surface area contributed by atoms with Gasteiger partial charge >= 0.3 is 5.69 Å². The average Bonchev–Trinajstić information content (AvgIpc) is 2.86. The largest absolute Gasteiger partial charge is 0.378 e. The Morgan fingerprint density at radius 3 is 2.85 bits per heavy atom. The van der Waals surface area contributed by atoms with Crippen LogP contribution in [0.2, 0.25) is 5.02 Å². The Bertz CT molecular complexity index is 770. The summed E-state index contributed by atoms with van der Waals surface area (Å²) in [4.78, 5) is 23.3. The fourth-order valence-corrected chi connectivity index (χ4v) is 2.97. The molecule has 1 aromatic heterocycles. The molecule has 20 heavy (non-hydrogen) atoms. The molecule has 1 amide bonds. The van der Waals surface area contributed by atoms with E-state index in [1.807, 2.05) is 0 Å². The summed E-state index contributed by atoms with van der Waals surface area (Å²) in [6, 6.07) is 3.18. The maximum atomic E-state index is 11.4. The van der Waals surface area contributed by atoms with Crippen molar-refractivity contribution in [2.24, 2.45) is 7.05 Å². The molecule has 1 aliphatic heterocycles. The van der Waals surface area contributed by atoms with E-state index in [0.717, 1.165) is 0 Å². The number of benzene rings is 1. The van der Waals surface area contributed by atoms with Gasteiger partial charge in [0.2, 0.25) is 0 Å². The van der Waals surface area contributed by atoms with Gasteiger partial charge in [0, 0.05) is 23.2 Å². The van der Waals surface area contributed by atoms with Crippen LogP contribution in [-0.2, 0) is 11.8 Å². The van der Waals surface area contributed by atoms with Crippen molar-refractivity contribution >= 4 is 35.0 Å². The SMILES string of the molecule is Cn1c(Sc2cc3c(cc2Cl)C(O)C(=O)N3)n[nH]c1=O. The van der Waals surface area contributed by atoms with Gasteiger partial charge in [-0.25, -0.2) is 9.89 Å². The summed E-state index contributed by atoms with van der Waals surface area (Å²) < 4.78 is 1.35. The lowest BCUT2D eigenvalue weighted by Gasteiger charge is -2.07. The van der Waals surface area contributed by atoms with E-state index in [0.29, 0.717) is 26.3 Å². The third-order valence-electron chi connectivity index (χ3n) is 2.94. The smallest absolute Gasteiger partial charge is 0.343 e. The number of carbonyl (C=O) groups is 1. The van der Waals surface area contributed by atoms with Crippen LogP contribution < -0.4 is 11.0 Å². The van der Waals surface area contributed by atoms with Gasteiger partial charge in [-0.1, -0.05) is 11.6 Å². The summed E-state index contributed by atoms with van der Waals surface area (Å²) in [6.07, 6.45) is -1.20. The summed E-state index contributed by atoms with van der Waals surface area (Å²) in [5.74, 6) is -0.481. The fraction of sp³-hybridized carbons (Fsp3) is 0.182. The number of rotatable bonds is 2. The summed E-state index contributed by atoms with van der Waals surface area (Å²) >= 11 is 7.32. The van der Waals surface area contributed by atoms with Crippen LogP contribution in [0.25, 0.3) is 0 Å². The lowest BCUT2D eigenvalue weighted by Crippen LogP contribution is -2.12. The molecule has 3 N–H and O–H groups in total. The fourth-order valence-electron chi connectivity index (χ4n) is 1.85. The number of aliphatic hydroxyl groups is 1. The summed E-state index contributed by atoms with van der Waals surface area (Å²) in [5.41, 5.74) is 0.628. The number of carbonyl (C=O) groups excluding carboxylic acids is 1. The van der Waals surface area contributed by atoms with Crippen LogP contribution in [0.1, 0.15) is 11.7 Å². The predicted octanol–water partition coefficient (Wildman–Crippen LogP) is 0.898. The van der Waals surface area contributed by atoms with Crippen LogP contribution in [0.15, 0.2) is 27.0 Å². The molecule has 7 nitrogen and oxygen atoms in total. The molecule has 0 bridgehead atoms. The molecule has 1 aliphatic rings. The van der Waals surface area contributed by atoms with Crippen molar-refractivity contribution < 1.29 is 9.90 Å². The number of amides is 1. The zero-order valence-electron chi connectivity index (χ0n) is 10.2. The first-order valence-electron chi connectivity index (χ1n) is 5.59. The first-order valence-corrected chi connectivity index (χ1v) is 6.78. The van der Waals surface area contributed by atoms with Crippen molar-refractivity contribution in [1.82, 2.24) is 14.8 Å². The van der Waals surface area contributed by atoms with E-state index >= 15 is 0 Å². The molecule has 104 valence electrons. The van der Waals surface area contributed by atoms with Crippen molar-refractivity contribution in [2.45, 2.75) is 16.2 Å². The minimum absolute atomic E-state index is 0.325. The highest BCUT2D eigenvalue weighted by molar-refractivity contribution is 7.99. The van der Waals surface area contributed by atoms with Crippen LogP contribution in [0.3, 0.4) is 0 Å². The first-order chi connectivity index (χ1) is 9.47. The number of nitrogens with zero attached hydrogens (tertiary/aromatic N) is 2. The first kappa shape index (κ1) is 13.2. The minimum Gasteiger partial charge on any atom is -0.378 e. The Hall–Kier alpha value is -1.77. The molecule has 2 heterocycles. The molecule has 0 saturated carbocycles. The molecular formula is C11H9ClN4O3S. The Labute approximate surface area is 121 Å². The van der Waals surface area contributed by atoms with Gasteiger partial charge in [0.1, 0.15) is 0 Å².